The van der Waals surface area contributed by atoms with Crippen LogP contribution in [-0.4, -0.2) is 26.9 Å². The monoisotopic (exact) mass is 324 g/mol. The molecule has 0 radical (unpaired) electrons. The average Bonchev–Trinajstić information content (AvgIpc) is 2.93. The maximum Gasteiger partial charge on any atom is 0.303 e. The van der Waals surface area contributed by atoms with Gasteiger partial charge in [-0.25, -0.2) is 0 Å². The van der Waals surface area contributed by atoms with Gasteiger partial charge in [0.05, 0.1) is 11.9 Å². The lowest BCUT2D eigenvalue weighted by molar-refractivity contribution is -0.137. The predicted molar refractivity (Wildman–Crippen MR) is 80.3 cm³/mol. The Morgan fingerprint density at radius 1 is 1.36 bits per heavy atom. The minimum atomic E-state index is -3.76. The number of nitrogens with two attached hydrogens (primary N) is 1. The van der Waals surface area contributed by atoms with E-state index in [1.54, 1.807) is 6.07 Å². The molecule has 4 N–H and O–H groups in total. The largest absolute Gasteiger partial charge is 0.481 e. The van der Waals surface area contributed by atoms with Gasteiger partial charge in [-0.05, 0) is 6.42 Å². The lowest BCUT2D eigenvalue weighted by atomic mass is 10.1. The molecule has 1 aromatic heterocycles. The van der Waals surface area contributed by atoms with Crippen molar-refractivity contribution in [3.05, 3.63) is 42.2 Å². The fraction of sp³-hybridized carbons (Fsp3) is 0.286. The summed E-state index contributed by atoms with van der Waals surface area (Å²) in [6, 6.07) is 10.8. The SMILES string of the molecule is NC(CCC(=O)O)P(=O)(O)Cc1cc(-c2ccccc2)no1. The highest BCUT2D eigenvalue weighted by Gasteiger charge is 2.30. The van der Waals surface area contributed by atoms with Crippen LogP contribution < -0.4 is 5.73 Å². The molecule has 1 aromatic carbocycles. The third kappa shape index (κ3) is 4.27. The van der Waals surface area contributed by atoms with Gasteiger partial charge in [-0.2, -0.15) is 0 Å². The van der Waals surface area contributed by atoms with Crippen molar-refractivity contribution in [1.82, 2.24) is 5.16 Å². The molecule has 2 aromatic rings. The van der Waals surface area contributed by atoms with Gasteiger partial charge < -0.3 is 20.3 Å². The summed E-state index contributed by atoms with van der Waals surface area (Å²) in [6.07, 6.45) is -0.589. The molecule has 0 fully saturated rings. The lowest BCUT2D eigenvalue weighted by Crippen LogP contribution is -2.22. The van der Waals surface area contributed by atoms with Crippen LogP contribution in [0.2, 0.25) is 0 Å². The maximum atomic E-state index is 12.2. The minimum absolute atomic E-state index is 0.0667. The highest BCUT2D eigenvalue weighted by atomic mass is 31.2. The highest BCUT2D eigenvalue weighted by Crippen LogP contribution is 2.49. The highest BCUT2D eigenvalue weighted by molar-refractivity contribution is 7.57. The van der Waals surface area contributed by atoms with Crippen LogP contribution in [-0.2, 0) is 15.5 Å². The predicted octanol–water partition coefficient (Wildman–Crippen LogP) is 2.26. The van der Waals surface area contributed by atoms with Crippen LogP contribution in [0.25, 0.3) is 11.3 Å². The van der Waals surface area contributed by atoms with Crippen molar-refractivity contribution >= 4 is 13.3 Å². The molecular formula is C14H17N2O5P. The van der Waals surface area contributed by atoms with Crippen LogP contribution in [0, 0.1) is 0 Å². The van der Waals surface area contributed by atoms with Gasteiger partial charge in [0.2, 0.25) is 7.37 Å². The Morgan fingerprint density at radius 2 is 2.05 bits per heavy atom. The number of rotatable bonds is 7. The van der Waals surface area contributed by atoms with Crippen molar-refractivity contribution in [2.75, 3.05) is 0 Å². The summed E-state index contributed by atoms with van der Waals surface area (Å²) in [4.78, 5) is 20.5. The molecule has 7 nitrogen and oxygen atoms in total. The van der Waals surface area contributed by atoms with Gasteiger partial charge in [0.1, 0.15) is 11.5 Å². The van der Waals surface area contributed by atoms with E-state index in [0.717, 1.165) is 5.56 Å². The number of aromatic nitrogens is 1. The third-order valence-electron chi connectivity index (χ3n) is 3.18. The molecule has 0 aliphatic heterocycles. The Morgan fingerprint density at radius 3 is 2.68 bits per heavy atom. The number of carboxylic acid groups (broad SMARTS) is 1. The second-order valence-electron chi connectivity index (χ2n) is 4.96. The molecule has 0 aliphatic rings. The minimum Gasteiger partial charge on any atom is -0.481 e. The fourth-order valence-corrected chi connectivity index (χ4v) is 3.31. The van der Waals surface area contributed by atoms with Gasteiger partial charge in [-0.3, -0.25) is 9.36 Å². The summed E-state index contributed by atoms with van der Waals surface area (Å²) in [5, 5.41) is 12.5. The van der Waals surface area contributed by atoms with E-state index in [2.05, 4.69) is 5.16 Å². The summed E-state index contributed by atoms with van der Waals surface area (Å²) in [5.74, 6) is -1.91. The first kappa shape index (κ1) is 16.4. The zero-order valence-electron chi connectivity index (χ0n) is 11.8. The van der Waals surface area contributed by atoms with E-state index >= 15 is 0 Å². The van der Waals surface area contributed by atoms with E-state index in [0.29, 0.717) is 5.69 Å². The van der Waals surface area contributed by atoms with Crippen LogP contribution in [0.15, 0.2) is 40.9 Å². The second-order valence-corrected chi connectivity index (χ2v) is 7.45. The van der Waals surface area contributed by atoms with Gasteiger partial charge in [0, 0.05) is 18.1 Å². The zero-order chi connectivity index (χ0) is 16.2. The first-order valence-corrected chi connectivity index (χ1v) is 8.60. The molecular weight excluding hydrogens is 307 g/mol. The van der Waals surface area contributed by atoms with Crippen LogP contribution >= 0.6 is 7.37 Å². The number of benzene rings is 1. The van der Waals surface area contributed by atoms with Gasteiger partial charge in [-0.1, -0.05) is 35.5 Å². The molecule has 2 atom stereocenters. The second kappa shape index (κ2) is 6.87. The number of aliphatic carboxylic acids is 1. The Labute approximate surface area is 127 Å². The van der Waals surface area contributed by atoms with Crippen molar-refractivity contribution in [2.45, 2.75) is 24.8 Å². The van der Waals surface area contributed by atoms with Gasteiger partial charge in [0.15, 0.2) is 0 Å². The molecule has 8 heteroatoms. The van der Waals surface area contributed by atoms with E-state index in [1.165, 1.54) is 0 Å². The van der Waals surface area contributed by atoms with E-state index in [1.807, 2.05) is 30.3 Å². The summed E-state index contributed by atoms with van der Waals surface area (Å²) in [6.45, 7) is 0. The average molecular weight is 324 g/mol. The maximum absolute atomic E-state index is 12.2. The van der Waals surface area contributed by atoms with Gasteiger partial charge in [-0.15, -0.1) is 0 Å². The first-order chi connectivity index (χ1) is 10.4. The molecule has 0 spiro atoms. The first-order valence-electron chi connectivity index (χ1n) is 6.68. The summed E-state index contributed by atoms with van der Waals surface area (Å²) in [5.41, 5.74) is 7.03. The normalized spacial score (nSPS) is 15.2. The molecule has 118 valence electrons. The molecule has 2 rings (SSSR count). The van der Waals surface area contributed by atoms with Crippen molar-refractivity contribution in [1.29, 1.82) is 0 Å². The smallest absolute Gasteiger partial charge is 0.303 e. The summed E-state index contributed by atoms with van der Waals surface area (Å²) in [7, 11) is -3.76. The topological polar surface area (TPSA) is 127 Å². The standard InChI is InChI=1S/C14H17N2O5P/c15-13(6-7-14(17)18)22(19,20)9-11-8-12(16-21-11)10-4-2-1-3-5-10/h1-5,8,13H,6-7,9,15H2,(H,17,18)(H,19,20). The molecule has 0 bridgehead atoms. The molecule has 0 amide bonds. The molecule has 1 heterocycles. The van der Waals surface area contributed by atoms with E-state index < -0.39 is 19.1 Å². The molecule has 0 saturated heterocycles. The van der Waals surface area contributed by atoms with E-state index in [9.17, 15) is 14.3 Å². The van der Waals surface area contributed by atoms with Crippen molar-refractivity contribution < 1.29 is 23.9 Å². The van der Waals surface area contributed by atoms with Crippen molar-refractivity contribution in [2.24, 2.45) is 5.73 Å². The van der Waals surface area contributed by atoms with Crippen LogP contribution in [0.5, 0.6) is 0 Å². The molecule has 2 unspecified atom stereocenters. The quantitative estimate of drug-likeness (QED) is 0.667. The number of hydrogen-bond acceptors (Lipinski definition) is 5. The lowest BCUT2D eigenvalue weighted by Gasteiger charge is -2.17. The van der Waals surface area contributed by atoms with E-state index in [-0.39, 0.29) is 24.8 Å². The molecule has 0 saturated carbocycles. The summed E-state index contributed by atoms with van der Waals surface area (Å²) < 4.78 is 17.3. The van der Waals surface area contributed by atoms with Gasteiger partial charge >= 0.3 is 5.97 Å². The van der Waals surface area contributed by atoms with Crippen molar-refractivity contribution in [3.8, 4) is 11.3 Å². The Bertz CT molecular complexity index is 686. The molecule has 0 aliphatic carbocycles. The number of hydrogen-bond donors (Lipinski definition) is 3. The Balaban J connectivity index is 2.05. The number of carboxylic acids is 1. The van der Waals surface area contributed by atoms with E-state index in [4.69, 9.17) is 15.4 Å². The Kier molecular flexibility index (Phi) is 5.13. The zero-order valence-corrected chi connectivity index (χ0v) is 12.6. The number of nitrogens with zero attached hydrogens (tertiary/aromatic N) is 1. The molecule has 22 heavy (non-hydrogen) atoms. The van der Waals surface area contributed by atoms with Gasteiger partial charge in [0.25, 0.3) is 0 Å². The number of carbonyl (C=O) groups is 1. The third-order valence-corrected chi connectivity index (χ3v) is 5.24. The van der Waals surface area contributed by atoms with Crippen LogP contribution in [0.3, 0.4) is 0 Å². The van der Waals surface area contributed by atoms with Crippen LogP contribution in [0.4, 0.5) is 0 Å². The van der Waals surface area contributed by atoms with Crippen molar-refractivity contribution in [3.63, 3.8) is 0 Å². The summed E-state index contributed by atoms with van der Waals surface area (Å²) >= 11 is 0. The van der Waals surface area contributed by atoms with Crippen LogP contribution in [0.1, 0.15) is 18.6 Å². The fourth-order valence-electron chi connectivity index (χ4n) is 1.95. The Hall–Kier alpha value is -1.95.